The van der Waals surface area contributed by atoms with Gasteiger partial charge in [0.2, 0.25) is 0 Å². The summed E-state index contributed by atoms with van der Waals surface area (Å²) in [4.78, 5) is 12.5. The van der Waals surface area contributed by atoms with Gasteiger partial charge in [-0.2, -0.15) is 0 Å². The summed E-state index contributed by atoms with van der Waals surface area (Å²) in [5, 5.41) is 6.84. The summed E-state index contributed by atoms with van der Waals surface area (Å²) in [5.74, 6) is 1.07. The molecule has 0 atom stereocenters. The van der Waals surface area contributed by atoms with Gasteiger partial charge in [-0.1, -0.05) is 23.4 Å². The van der Waals surface area contributed by atoms with Crippen LogP contribution in [0.15, 0.2) is 65.4 Å². The average Bonchev–Trinajstić information content (AvgIpc) is 3.31. The number of carbonyl (C=O) groups is 1. The highest BCUT2D eigenvalue weighted by molar-refractivity contribution is 6.03. The molecule has 0 saturated carbocycles. The summed E-state index contributed by atoms with van der Waals surface area (Å²) in [6.07, 6.45) is 3.56. The molecular weight excluding hydrogens is 344 g/mol. The predicted octanol–water partition coefficient (Wildman–Crippen LogP) is 3.12. The van der Waals surface area contributed by atoms with Crippen LogP contribution in [-0.2, 0) is 6.54 Å². The lowest BCUT2D eigenvalue weighted by Gasteiger charge is -2.01. The van der Waals surface area contributed by atoms with E-state index < -0.39 is 0 Å². The number of pyridine rings is 1. The molecule has 7 nitrogen and oxygen atoms in total. The summed E-state index contributed by atoms with van der Waals surface area (Å²) in [5.41, 5.74) is 9.23. The lowest BCUT2D eigenvalue weighted by Crippen LogP contribution is -2.23. The normalized spacial score (nSPS) is 10.9. The molecule has 0 fully saturated rings. The Morgan fingerprint density at radius 2 is 2.15 bits per heavy atom. The van der Waals surface area contributed by atoms with Gasteiger partial charge >= 0.3 is 0 Å². The topological polar surface area (TPSA) is 94.8 Å². The Hall–Kier alpha value is -3.74. The van der Waals surface area contributed by atoms with Crippen molar-refractivity contribution in [2.75, 3.05) is 12.8 Å². The van der Waals surface area contributed by atoms with Crippen molar-refractivity contribution >= 4 is 17.1 Å². The molecule has 3 heterocycles. The average molecular weight is 362 g/mol. The van der Waals surface area contributed by atoms with Crippen LogP contribution in [0.4, 0.5) is 5.69 Å². The number of hydrogen-bond donors (Lipinski definition) is 2. The van der Waals surface area contributed by atoms with Crippen molar-refractivity contribution in [1.82, 2.24) is 14.9 Å². The van der Waals surface area contributed by atoms with E-state index in [1.807, 2.05) is 53.1 Å². The third kappa shape index (κ3) is 3.22. The van der Waals surface area contributed by atoms with Crippen molar-refractivity contribution in [3.63, 3.8) is 0 Å². The zero-order valence-corrected chi connectivity index (χ0v) is 14.7. The molecule has 4 aromatic rings. The molecule has 0 radical (unpaired) electrons. The molecule has 7 heteroatoms. The van der Waals surface area contributed by atoms with Gasteiger partial charge in [0.25, 0.3) is 5.91 Å². The second-order valence-electron chi connectivity index (χ2n) is 6.05. The van der Waals surface area contributed by atoms with Crippen LogP contribution in [0.25, 0.3) is 16.8 Å². The Balaban J connectivity index is 1.48. The molecule has 4 rings (SSSR count). The number of methoxy groups -OCH3 is 1. The van der Waals surface area contributed by atoms with E-state index in [1.54, 1.807) is 19.4 Å². The highest BCUT2D eigenvalue weighted by Gasteiger charge is 2.15. The number of nitrogens with zero attached hydrogens (tertiary/aromatic N) is 2. The summed E-state index contributed by atoms with van der Waals surface area (Å²) in [6.45, 7) is 0.234. The zero-order chi connectivity index (χ0) is 18.8. The summed E-state index contributed by atoms with van der Waals surface area (Å²) >= 11 is 0. The van der Waals surface area contributed by atoms with E-state index in [1.165, 1.54) is 0 Å². The fourth-order valence-electron chi connectivity index (χ4n) is 2.90. The van der Waals surface area contributed by atoms with E-state index >= 15 is 0 Å². The van der Waals surface area contributed by atoms with Crippen LogP contribution < -0.4 is 15.8 Å². The number of anilines is 1. The molecule has 0 saturated heterocycles. The third-order valence-electron chi connectivity index (χ3n) is 4.31. The van der Waals surface area contributed by atoms with Crippen LogP contribution in [0, 0.1) is 0 Å². The van der Waals surface area contributed by atoms with E-state index in [4.69, 9.17) is 15.0 Å². The van der Waals surface area contributed by atoms with Crippen molar-refractivity contribution in [3.05, 3.63) is 72.2 Å². The van der Waals surface area contributed by atoms with Crippen LogP contribution in [0.5, 0.6) is 5.75 Å². The van der Waals surface area contributed by atoms with Crippen molar-refractivity contribution in [1.29, 1.82) is 0 Å². The third-order valence-corrected chi connectivity index (χ3v) is 4.31. The van der Waals surface area contributed by atoms with Gasteiger partial charge in [0.15, 0.2) is 5.76 Å². The molecule has 0 aliphatic carbocycles. The lowest BCUT2D eigenvalue weighted by atomic mass is 10.1. The first kappa shape index (κ1) is 16.7. The highest BCUT2D eigenvalue weighted by Crippen LogP contribution is 2.25. The van der Waals surface area contributed by atoms with Gasteiger partial charge in [-0.3, -0.25) is 4.79 Å². The number of amides is 1. The minimum Gasteiger partial charge on any atom is -0.497 e. The van der Waals surface area contributed by atoms with E-state index in [0.29, 0.717) is 22.7 Å². The minimum atomic E-state index is -0.262. The standard InChI is InChI=1S/C20H18N4O3/c1-26-15-6-4-5-13(9-15)18-10-14(23-27-18)11-22-20(25)16-12-24-8-3-2-7-17(24)19(16)21/h2-10,12H,11,21H2,1H3,(H,22,25). The second-order valence-corrected chi connectivity index (χ2v) is 6.05. The van der Waals surface area contributed by atoms with Gasteiger partial charge < -0.3 is 24.7 Å². The first-order valence-electron chi connectivity index (χ1n) is 8.39. The Kier molecular flexibility index (Phi) is 4.25. The summed E-state index contributed by atoms with van der Waals surface area (Å²) in [6, 6.07) is 14.9. The van der Waals surface area contributed by atoms with Crippen LogP contribution in [0.1, 0.15) is 16.1 Å². The van der Waals surface area contributed by atoms with Crippen LogP contribution in [0.2, 0.25) is 0 Å². The largest absolute Gasteiger partial charge is 0.497 e. The van der Waals surface area contributed by atoms with Gasteiger partial charge in [0.1, 0.15) is 11.4 Å². The number of ether oxygens (including phenoxy) is 1. The monoisotopic (exact) mass is 362 g/mol. The lowest BCUT2D eigenvalue weighted by molar-refractivity contribution is 0.0951. The fourth-order valence-corrected chi connectivity index (χ4v) is 2.90. The molecule has 0 aliphatic rings. The van der Waals surface area contributed by atoms with Gasteiger partial charge in [0.05, 0.1) is 30.4 Å². The number of hydrogen-bond acceptors (Lipinski definition) is 5. The maximum atomic E-state index is 12.5. The first-order chi connectivity index (χ1) is 13.2. The van der Waals surface area contributed by atoms with Gasteiger partial charge in [0, 0.05) is 24.0 Å². The van der Waals surface area contributed by atoms with Crippen molar-refractivity contribution in [2.45, 2.75) is 6.54 Å². The molecule has 0 bridgehead atoms. The molecule has 3 aromatic heterocycles. The molecule has 0 unspecified atom stereocenters. The minimum absolute atomic E-state index is 0.234. The summed E-state index contributed by atoms with van der Waals surface area (Å²) < 4.78 is 12.4. The Bertz CT molecular complexity index is 1110. The Morgan fingerprint density at radius 1 is 1.26 bits per heavy atom. The predicted molar refractivity (Wildman–Crippen MR) is 101 cm³/mol. The highest BCUT2D eigenvalue weighted by atomic mass is 16.5. The Labute approximate surface area is 155 Å². The van der Waals surface area contributed by atoms with E-state index in [-0.39, 0.29) is 12.5 Å². The van der Waals surface area contributed by atoms with Gasteiger partial charge in [-0.15, -0.1) is 0 Å². The molecule has 1 amide bonds. The van der Waals surface area contributed by atoms with E-state index in [9.17, 15) is 4.79 Å². The second kappa shape index (κ2) is 6.87. The maximum absolute atomic E-state index is 12.5. The van der Waals surface area contributed by atoms with Crippen molar-refractivity contribution < 1.29 is 14.1 Å². The van der Waals surface area contributed by atoms with Crippen LogP contribution in [0.3, 0.4) is 0 Å². The number of carbonyl (C=O) groups excluding carboxylic acids is 1. The van der Waals surface area contributed by atoms with Gasteiger partial charge in [-0.05, 0) is 24.3 Å². The van der Waals surface area contributed by atoms with Crippen molar-refractivity contribution in [3.8, 4) is 17.1 Å². The van der Waals surface area contributed by atoms with E-state index in [0.717, 1.165) is 16.8 Å². The number of fused-ring (bicyclic) bond motifs is 1. The number of nitrogens with two attached hydrogens (primary N) is 1. The van der Waals surface area contributed by atoms with E-state index in [2.05, 4.69) is 10.5 Å². The maximum Gasteiger partial charge on any atom is 0.255 e. The first-order valence-corrected chi connectivity index (χ1v) is 8.39. The number of nitrogens with one attached hydrogen (secondary N) is 1. The van der Waals surface area contributed by atoms with Crippen LogP contribution >= 0.6 is 0 Å². The smallest absolute Gasteiger partial charge is 0.255 e. The number of aromatic nitrogens is 2. The SMILES string of the molecule is COc1cccc(-c2cc(CNC(=O)c3cn4ccccc4c3N)no2)c1. The fraction of sp³-hybridized carbons (Fsp3) is 0.100. The number of benzene rings is 1. The molecule has 27 heavy (non-hydrogen) atoms. The number of nitrogen functional groups attached to an aromatic ring is 1. The van der Waals surface area contributed by atoms with Gasteiger partial charge in [-0.25, -0.2) is 0 Å². The van der Waals surface area contributed by atoms with Crippen molar-refractivity contribution in [2.24, 2.45) is 0 Å². The molecular formula is C20H18N4O3. The quantitative estimate of drug-likeness (QED) is 0.569. The Morgan fingerprint density at radius 3 is 2.96 bits per heavy atom. The summed E-state index contributed by atoms with van der Waals surface area (Å²) in [7, 11) is 1.61. The molecule has 0 aliphatic heterocycles. The molecule has 1 aromatic carbocycles. The molecule has 3 N–H and O–H groups in total. The molecule has 0 spiro atoms. The van der Waals surface area contributed by atoms with Crippen LogP contribution in [-0.4, -0.2) is 22.6 Å². The zero-order valence-electron chi connectivity index (χ0n) is 14.7. The number of rotatable bonds is 5. The molecule has 136 valence electrons.